The van der Waals surface area contributed by atoms with Gasteiger partial charge in [0, 0.05) is 29.8 Å². The quantitative estimate of drug-likeness (QED) is 0.642. The van der Waals surface area contributed by atoms with E-state index in [0.29, 0.717) is 23.7 Å². The number of carbonyl (C=O) groups is 2. The zero-order valence-electron chi connectivity index (χ0n) is 17.3. The maximum atomic E-state index is 13.1. The standard InChI is InChI=1S/C22H26ClN3O4S/c1-16-5-11-20(12-6-16)31(29,30)26-15-3-2-4-19(26)13-14-24-21(27)22(28)25-18-9-7-17(23)8-10-18/h5-12,19H,2-4,13-15H2,1H3,(H,24,27)(H,25,28)/t19-/m1/s1. The van der Waals surface area contributed by atoms with Crippen molar-refractivity contribution in [3.05, 3.63) is 59.1 Å². The van der Waals surface area contributed by atoms with Crippen LogP contribution in [-0.4, -0.2) is 43.7 Å². The van der Waals surface area contributed by atoms with Gasteiger partial charge in [0.05, 0.1) is 4.90 Å². The molecule has 0 spiro atoms. The van der Waals surface area contributed by atoms with Crippen LogP contribution in [0.5, 0.6) is 0 Å². The number of hydrogen-bond acceptors (Lipinski definition) is 4. The molecule has 3 rings (SSSR count). The largest absolute Gasteiger partial charge is 0.348 e. The molecule has 0 saturated carbocycles. The Morgan fingerprint density at radius 1 is 1.03 bits per heavy atom. The molecule has 0 radical (unpaired) electrons. The van der Waals surface area contributed by atoms with E-state index in [9.17, 15) is 18.0 Å². The van der Waals surface area contributed by atoms with Crippen LogP contribution < -0.4 is 10.6 Å². The first kappa shape index (κ1) is 23.2. The number of benzene rings is 2. The molecule has 1 heterocycles. The van der Waals surface area contributed by atoms with Gasteiger partial charge in [0.2, 0.25) is 10.0 Å². The summed E-state index contributed by atoms with van der Waals surface area (Å²) in [6, 6.07) is 13.0. The highest BCUT2D eigenvalue weighted by Crippen LogP contribution is 2.27. The topological polar surface area (TPSA) is 95.6 Å². The van der Waals surface area contributed by atoms with Gasteiger partial charge >= 0.3 is 11.8 Å². The third kappa shape index (κ3) is 6.06. The Morgan fingerprint density at radius 2 is 1.71 bits per heavy atom. The smallest absolute Gasteiger partial charge is 0.313 e. The average Bonchev–Trinajstić information content (AvgIpc) is 2.76. The highest BCUT2D eigenvalue weighted by atomic mass is 35.5. The van der Waals surface area contributed by atoms with Crippen molar-refractivity contribution < 1.29 is 18.0 Å². The van der Waals surface area contributed by atoms with Crippen LogP contribution in [0, 0.1) is 6.92 Å². The molecule has 1 saturated heterocycles. The number of rotatable bonds is 6. The Balaban J connectivity index is 1.56. The van der Waals surface area contributed by atoms with E-state index in [1.807, 2.05) is 6.92 Å². The van der Waals surface area contributed by atoms with Gasteiger partial charge in [-0.05, 0) is 62.6 Å². The summed E-state index contributed by atoms with van der Waals surface area (Å²) in [6.07, 6.45) is 2.88. The normalized spacial score (nSPS) is 17.2. The molecule has 7 nitrogen and oxygen atoms in total. The third-order valence-corrected chi connectivity index (χ3v) is 7.49. The van der Waals surface area contributed by atoms with Crippen molar-refractivity contribution >= 4 is 39.1 Å². The molecule has 2 amide bonds. The number of carbonyl (C=O) groups excluding carboxylic acids is 2. The number of nitrogens with one attached hydrogen (secondary N) is 2. The Morgan fingerprint density at radius 3 is 2.39 bits per heavy atom. The van der Waals surface area contributed by atoms with E-state index >= 15 is 0 Å². The number of amides is 2. The van der Waals surface area contributed by atoms with Gasteiger partial charge in [-0.15, -0.1) is 0 Å². The number of sulfonamides is 1. The van der Waals surface area contributed by atoms with Crippen molar-refractivity contribution in [3.63, 3.8) is 0 Å². The first-order valence-electron chi connectivity index (χ1n) is 10.2. The van der Waals surface area contributed by atoms with Crippen molar-refractivity contribution in [3.8, 4) is 0 Å². The van der Waals surface area contributed by atoms with Gasteiger partial charge in [-0.25, -0.2) is 8.42 Å². The zero-order valence-corrected chi connectivity index (χ0v) is 18.9. The minimum absolute atomic E-state index is 0.206. The molecule has 0 aromatic heterocycles. The summed E-state index contributed by atoms with van der Waals surface area (Å²) in [7, 11) is -3.61. The minimum atomic E-state index is -3.61. The SMILES string of the molecule is Cc1ccc(S(=O)(=O)N2CCCC[C@@H]2CCNC(=O)C(=O)Nc2ccc(Cl)cc2)cc1. The zero-order chi connectivity index (χ0) is 22.4. The summed E-state index contributed by atoms with van der Waals surface area (Å²) in [5.41, 5.74) is 1.46. The summed E-state index contributed by atoms with van der Waals surface area (Å²) in [6.45, 7) is 2.56. The number of piperidine rings is 1. The highest BCUT2D eigenvalue weighted by Gasteiger charge is 2.33. The van der Waals surface area contributed by atoms with Crippen LogP contribution in [0.25, 0.3) is 0 Å². The van der Waals surface area contributed by atoms with Crippen molar-refractivity contribution in [1.82, 2.24) is 9.62 Å². The first-order chi connectivity index (χ1) is 14.8. The van der Waals surface area contributed by atoms with Gasteiger partial charge in [0.25, 0.3) is 0 Å². The molecule has 9 heteroatoms. The lowest BCUT2D eigenvalue weighted by atomic mass is 10.0. The molecule has 1 aliphatic rings. The Hall–Kier alpha value is -2.42. The van der Waals surface area contributed by atoms with E-state index in [1.165, 1.54) is 4.31 Å². The van der Waals surface area contributed by atoms with Gasteiger partial charge < -0.3 is 10.6 Å². The number of hydrogen-bond donors (Lipinski definition) is 2. The van der Waals surface area contributed by atoms with Crippen LogP contribution in [0.4, 0.5) is 5.69 Å². The molecule has 1 aliphatic heterocycles. The number of halogens is 1. The Bertz CT molecular complexity index is 1020. The van der Waals surface area contributed by atoms with Gasteiger partial charge in [-0.1, -0.05) is 35.7 Å². The summed E-state index contributed by atoms with van der Waals surface area (Å²) in [5.74, 6) is -1.55. The molecule has 166 valence electrons. The lowest BCUT2D eigenvalue weighted by Crippen LogP contribution is -2.45. The van der Waals surface area contributed by atoms with Crippen molar-refractivity contribution in [1.29, 1.82) is 0 Å². The van der Waals surface area contributed by atoms with Crippen LogP contribution in [0.3, 0.4) is 0 Å². The molecule has 2 N–H and O–H groups in total. The monoisotopic (exact) mass is 463 g/mol. The van der Waals surface area contributed by atoms with Crippen LogP contribution in [-0.2, 0) is 19.6 Å². The molecule has 1 fully saturated rings. The Kier molecular flexibility index (Phi) is 7.69. The van der Waals surface area contributed by atoms with Gasteiger partial charge in [-0.2, -0.15) is 4.31 Å². The van der Waals surface area contributed by atoms with E-state index in [1.54, 1.807) is 48.5 Å². The van der Waals surface area contributed by atoms with E-state index in [-0.39, 0.29) is 17.5 Å². The van der Waals surface area contributed by atoms with Crippen molar-refractivity contribution in [2.24, 2.45) is 0 Å². The molecule has 0 bridgehead atoms. The second-order valence-electron chi connectivity index (χ2n) is 7.58. The summed E-state index contributed by atoms with van der Waals surface area (Å²) in [4.78, 5) is 24.4. The van der Waals surface area contributed by atoms with Crippen LogP contribution in [0.1, 0.15) is 31.2 Å². The molecule has 0 unspecified atom stereocenters. The number of anilines is 1. The molecular formula is C22H26ClN3O4S. The van der Waals surface area contributed by atoms with Crippen LogP contribution >= 0.6 is 11.6 Å². The van der Waals surface area contributed by atoms with Gasteiger partial charge in [0.15, 0.2) is 0 Å². The fourth-order valence-electron chi connectivity index (χ4n) is 3.58. The number of nitrogens with zero attached hydrogens (tertiary/aromatic N) is 1. The second-order valence-corrected chi connectivity index (χ2v) is 9.91. The first-order valence-corrected chi connectivity index (χ1v) is 12.0. The van der Waals surface area contributed by atoms with Crippen molar-refractivity contribution in [2.45, 2.75) is 43.5 Å². The molecule has 1 atom stereocenters. The van der Waals surface area contributed by atoms with E-state index in [4.69, 9.17) is 11.6 Å². The van der Waals surface area contributed by atoms with Gasteiger partial charge in [0.1, 0.15) is 0 Å². The van der Waals surface area contributed by atoms with E-state index in [2.05, 4.69) is 10.6 Å². The molecule has 0 aliphatic carbocycles. The van der Waals surface area contributed by atoms with E-state index < -0.39 is 21.8 Å². The van der Waals surface area contributed by atoms with Crippen LogP contribution in [0.2, 0.25) is 5.02 Å². The Labute approximate surface area is 187 Å². The molecule has 2 aromatic carbocycles. The minimum Gasteiger partial charge on any atom is -0.348 e. The van der Waals surface area contributed by atoms with Gasteiger partial charge in [-0.3, -0.25) is 9.59 Å². The lowest BCUT2D eigenvalue weighted by molar-refractivity contribution is -0.136. The summed E-state index contributed by atoms with van der Waals surface area (Å²) >= 11 is 5.80. The van der Waals surface area contributed by atoms with Crippen LogP contribution in [0.15, 0.2) is 53.4 Å². The maximum Gasteiger partial charge on any atom is 0.313 e. The fourth-order valence-corrected chi connectivity index (χ4v) is 5.43. The highest BCUT2D eigenvalue weighted by molar-refractivity contribution is 7.89. The molecule has 31 heavy (non-hydrogen) atoms. The van der Waals surface area contributed by atoms with E-state index in [0.717, 1.165) is 24.8 Å². The predicted molar refractivity (Wildman–Crippen MR) is 120 cm³/mol. The lowest BCUT2D eigenvalue weighted by Gasteiger charge is -2.34. The summed E-state index contributed by atoms with van der Waals surface area (Å²) < 4.78 is 27.7. The molecule has 2 aromatic rings. The predicted octanol–water partition coefficient (Wildman–Crippen LogP) is 3.34. The van der Waals surface area contributed by atoms with Crippen molar-refractivity contribution in [2.75, 3.05) is 18.4 Å². The number of aryl methyl sites for hydroxylation is 1. The fraction of sp³-hybridized carbons (Fsp3) is 0.364. The maximum absolute atomic E-state index is 13.1. The summed E-state index contributed by atoms with van der Waals surface area (Å²) in [5, 5.41) is 5.61. The third-order valence-electron chi connectivity index (χ3n) is 5.27. The molecular weight excluding hydrogens is 438 g/mol. The second kappa shape index (κ2) is 10.3. The average molecular weight is 464 g/mol.